The molecule has 0 bridgehead atoms. The van der Waals surface area contributed by atoms with Crippen LogP contribution >= 0.6 is 15.6 Å². The van der Waals surface area contributed by atoms with E-state index in [0.29, 0.717) is 23.0 Å². The van der Waals surface area contributed by atoms with Gasteiger partial charge in [0.25, 0.3) is 21.6 Å². The first kappa shape index (κ1) is 76.6. The number of hydrogen-bond acceptors (Lipinski definition) is 8. The second-order valence-electron chi connectivity index (χ2n) is 19.6. The van der Waals surface area contributed by atoms with Crippen LogP contribution in [-0.4, -0.2) is 89.4 Å². The molecule has 4 aromatic heterocycles. The van der Waals surface area contributed by atoms with Gasteiger partial charge in [0, 0.05) is 170 Å². The monoisotopic (exact) mass is 1430 g/mol. The average molecular weight is 1430 g/mol. The van der Waals surface area contributed by atoms with Gasteiger partial charge < -0.3 is 0 Å². The fourth-order valence-corrected chi connectivity index (χ4v) is 10.4. The van der Waals surface area contributed by atoms with Gasteiger partial charge in [-0.15, -0.1) is 0 Å². The van der Waals surface area contributed by atoms with E-state index in [9.17, 15) is 67.2 Å². The van der Waals surface area contributed by atoms with Crippen LogP contribution in [0.5, 0.6) is 0 Å². The first-order valence-electron chi connectivity index (χ1n) is 21.8. The summed E-state index contributed by atoms with van der Waals surface area (Å²) in [6.07, 6.45) is 7.21. The van der Waals surface area contributed by atoms with Gasteiger partial charge in [0.05, 0.1) is 22.1 Å². The standard InChI is InChI=1S/2C12H8N2.2C10H22O2S2.C2H4Cl2.2F6P.2Rh/c2*1-3-9-5-6-10-4-2-8-14-12(10)11(9)13-7-1;2*1-9(2,3)13(11)7-8-14(12)10(4,5)6;1-3-2-4-1;2*1-7(2,3,4,5)6;;/h2*1-8H;2*7-8H2,1-6H3;1-2H2;;;;/q;;;;+2;2*-1;;/t;;2*13-,14-;;;;;/m..10...../s1. The zero-order valence-electron chi connectivity index (χ0n) is 43.4. The van der Waals surface area contributed by atoms with E-state index in [1.165, 1.54) is 10.7 Å². The van der Waals surface area contributed by atoms with Crippen LogP contribution in [0.25, 0.3) is 43.6 Å². The summed E-state index contributed by atoms with van der Waals surface area (Å²) in [4.78, 5) is 17.4. The summed E-state index contributed by atoms with van der Waals surface area (Å²) in [6, 6.07) is 24.3. The number of aromatic nitrogens is 4. The normalized spacial score (nSPS) is 16.1. The molecule has 0 aliphatic carbocycles. The first-order valence-corrected chi connectivity index (χ1v) is 33.3. The topological polar surface area (TPSA) is 120 Å². The molecule has 0 saturated carbocycles. The molecule has 76 heavy (non-hydrogen) atoms. The van der Waals surface area contributed by atoms with Gasteiger partial charge in [-0.1, -0.05) is 48.5 Å². The van der Waals surface area contributed by atoms with Gasteiger partial charge in [0.15, 0.2) is 0 Å². The molecule has 30 heteroatoms. The van der Waals surface area contributed by atoms with Gasteiger partial charge in [0.1, 0.15) is 0 Å². The minimum atomic E-state index is -10.7. The molecule has 2 aromatic carbocycles. The Balaban J connectivity index is 0. The fourth-order valence-electron chi connectivity index (χ4n) is 4.96. The number of pyridine rings is 4. The summed E-state index contributed by atoms with van der Waals surface area (Å²) in [5.41, 5.74) is 3.91. The number of nitrogens with zero attached hydrogens (tertiary/aromatic N) is 4. The second-order valence-corrected chi connectivity index (χ2v) is 35.1. The minimum absolute atomic E-state index is 0. The number of rotatable bonds is 6. The first-order chi connectivity index (χ1) is 32.9. The second kappa shape index (κ2) is 28.5. The molecule has 4 atom stereocenters. The van der Waals surface area contributed by atoms with E-state index in [-0.39, 0.29) is 57.9 Å². The number of hydrogen-bond donors (Lipinski definition) is 0. The summed E-state index contributed by atoms with van der Waals surface area (Å²) >= 11 is 0. The molecule has 1 aliphatic heterocycles. The maximum atomic E-state index is 11.7. The molecule has 5 heterocycles. The summed E-state index contributed by atoms with van der Waals surface area (Å²) in [7, 11) is -20.2. The predicted octanol–water partition coefficient (Wildman–Crippen LogP) is 16.6. The van der Waals surface area contributed by atoms with E-state index in [0.717, 1.165) is 43.6 Å². The summed E-state index contributed by atoms with van der Waals surface area (Å²) in [6.45, 7) is 23.4. The Bertz CT molecular complexity index is 2520. The molecule has 1 aliphatic rings. The van der Waals surface area contributed by atoms with Crippen LogP contribution in [0.1, 0.15) is 83.1 Å². The molecule has 1 fully saturated rings. The van der Waals surface area contributed by atoms with Crippen molar-refractivity contribution in [2.75, 3.05) is 33.7 Å². The Morgan fingerprint density at radius 1 is 0.368 bits per heavy atom. The molecule has 0 amide bonds. The van der Waals surface area contributed by atoms with Crippen LogP contribution in [0.3, 0.4) is 0 Å². The van der Waals surface area contributed by atoms with Crippen LogP contribution in [-0.2, 0) is 82.2 Å². The zero-order valence-corrected chi connectivity index (χ0v) is 53.2. The molecule has 1 saturated heterocycles. The van der Waals surface area contributed by atoms with E-state index in [2.05, 4.69) is 90.1 Å². The van der Waals surface area contributed by atoms with Crippen molar-refractivity contribution >= 4 is 102 Å². The van der Waals surface area contributed by atoms with Crippen molar-refractivity contribution in [2.45, 2.75) is 102 Å². The summed E-state index contributed by atoms with van der Waals surface area (Å²) in [5, 5.41) is 7.00. The molecule has 442 valence electrons. The minimum Gasteiger partial charge on any atom is -0.254 e. The Hall–Kier alpha value is -1.47. The Labute approximate surface area is 479 Å². The molecular formula is C46H64Cl2F12N4O4P2Rh2S4. The maximum absolute atomic E-state index is 11.7. The van der Waals surface area contributed by atoms with Crippen molar-refractivity contribution in [3.8, 4) is 0 Å². The van der Waals surface area contributed by atoms with E-state index in [1.54, 1.807) is 24.8 Å². The van der Waals surface area contributed by atoms with Gasteiger partial charge in [-0.25, -0.2) is 0 Å². The maximum Gasteiger partial charge on any atom is 0.0964 e. The van der Waals surface area contributed by atoms with E-state index < -0.39 is 58.8 Å². The summed E-state index contributed by atoms with van der Waals surface area (Å²) < 4.78 is 164. The van der Waals surface area contributed by atoms with Gasteiger partial charge >= 0.3 is 76.7 Å². The molecule has 0 spiro atoms. The average Bonchev–Trinajstić information content (AvgIpc) is 3.21. The van der Waals surface area contributed by atoms with Crippen LogP contribution in [0.15, 0.2) is 97.6 Å². The van der Waals surface area contributed by atoms with Crippen LogP contribution in [0.4, 0.5) is 50.4 Å². The van der Waals surface area contributed by atoms with Gasteiger partial charge in [0.2, 0.25) is 0 Å². The number of alkyl halides is 4. The van der Waals surface area contributed by atoms with Crippen molar-refractivity contribution < 1.29 is 128 Å². The number of fused-ring (bicyclic) bond motifs is 6. The Morgan fingerprint density at radius 3 is 0.632 bits per heavy atom. The third-order valence-electron chi connectivity index (χ3n) is 8.62. The SMILES string of the molecule is C1[Cl+]C[Cl+]1.CC(C)(C)[S@@](=O)CC[S@](=O)C(C)(C)C.CC(C)(C)[S@](=O)CC[S@@](=O)C(C)(C)C.F[P-](F)(F)(F)(F)F.F[P-](F)(F)(F)(F)F.[Rh].[Rh].c1cnc2c(c1)ccc1cccnc12.c1cnc2c(c1)ccc1cccnc12. The number of halogens is 14. The van der Waals surface area contributed by atoms with Crippen molar-refractivity contribution in [3.63, 3.8) is 0 Å². The largest absolute Gasteiger partial charge is 0.254 e. The van der Waals surface area contributed by atoms with Gasteiger partial charge in [-0.2, -0.15) is 0 Å². The third-order valence-corrected chi connectivity index (χ3v) is 19.2. The van der Waals surface area contributed by atoms with Gasteiger partial charge in [-0.05, 0) is 107 Å². The van der Waals surface area contributed by atoms with Gasteiger partial charge in [-0.3, -0.25) is 36.8 Å². The van der Waals surface area contributed by atoms with Crippen molar-refractivity contribution in [1.82, 2.24) is 19.9 Å². The van der Waals surface area contributed by atoms with E-state index >= 15 is 0 Å². The Morgan fingerprint density at radius 2 is 0.513 bits per heavy atom. The molecule has 7 rings (SSSR count). The predicted molar refractivity (Wildman–Crippen MR) is 282 cm³/mol. The number of benzene rings is 2. The van der Waals surface area contributed by atoms with Crippen LogP contribution in [0, 0.1) is 21.6 Å². The van der Waals surface area contributed by atoms with Crippen LogP contribution in [0.2, 0.25) is 0 Å². The van der Waals surface area contributed by atoms with E-state index in [1.807, 2.05) is 107 Å². The molecule has 8 nitrogen and oxygen atoms in total. The quantitative estimate of drug-likeness (QED) is 0.0532. The Kier molecular flexibility index (Phi) is 28.7. The van der Waals surface area contributed by atoms with Crippen molar-refractivity contribution in [2.24, 2.45) is 0 Å². The third kappa shape index (κ3) is 38.2. The molecule has 6 aromatic rings. The smallest absolute Gasteiger partial charge is 0.0964 e. The van der Waals surface area contributed by atoms with Crippen LogP contribution < -0.4 is 0 Å². The van der Waals surface area contributed by atoms with Crippen molar-refractivity contribution in [3.05, 3.63) is 97.6 Å². The molecule has 2 radical (unpaired) electrons. The zero-order chi connectivity index (χ0) is 57.5. The molecular weight excluding hydrogens is 1370 g/mol. The fraction of sp³-hybridized carbons (Fsp3) is 0.478. The van der Waals surface area contributed by atoms with Crippen molar-refractivity contribution in [1.29, 1.82) is 0 Å². The summed E-state index contributed by atoms with van der Waals surface area (Å²) in [5.74, 6) is 2.14. The van der Waals surface area contributed by atoms with E-state index in [4.69, 9.17) is 0 Å². The molecule has 0 N–H and O–H groups in total. The molecule has 0 unspecified atom stereocenters.